The summed E-state index contributed by atoms with van der Waals surface area (Å²) in [5.74, 6) is -0.277. The summed E-state index contributed by atoms with van der Waals surface area (Å²) in [6.07, 6.45) is 0. The molecule has 0 saturated carbocycles. The van der Waals surface area contributed by atoms with E-state index in [1.165, 1.54) is 6.07 Å². The Morgan fingerprint density at radius 2 is 1.80 bits per heavy atom. The van der Waals surface area contributed by atoms with Gasteiger partial charge in [-0.05, 0) is 31.5 Å². The van der Waals surface area contributed by atoms with Crippen LogP contribution in [0.5, 0.6) is 0 Å². The molecule has 0 aliphatic rings. The SMILES string of the molecule is Cc1ccccc1C(=O)Nc1ccc(C)c([N+](=O)[O-])c1. The maximum absolute atomic E-state index is 12.1. The van der Waals surface area contributed by atoms with Crippen molar-refractivity contribution in [1.82, 2.24) is 0 Å². The van der Waals surface area contributed by atoms with Crippen molar-refractivity contribution >= 4 is 17.3 Å². The minimum Gasteiger partial charge on any atom is -0.322 e. The lowest BCUT2D eigenvalue weighted by Gasteiger charge is -2.08. The summed E-state index contributed by atoms with van der Waals surface area (Å²) < 4.78 is 0. The maximum atomic E-state index is 12.1. The highest BCUT2D eigenvalue weighted by molar-refractivity contribution is 6.05. The molecule has 0 heterocycles. The molecule has 5 nitrogen and oxygen atoms in total. The fourth-order valence-corrected chi connectivity index (χ4v) is 1.91. The third kappa shape index (κ3) is 2.83. The van der Waals surface area contributed by atoms with Gasteiger partial charge in [-0.15, -0.1) is 0 Å². The fourth-order valence-electron chi connectivity index (χ4n) is 1.91. The molecular formula is C15H14N2O3. The number of rotatable bonds is 3. The number of aryl methyl sites for hydroxylation is 2. The lowest BCUT2D eigenvalue weighted by molar-refractivity contribution is -0.385. The van der Waals surface area contributed by atoms with Crippen LogP contribution in [0.15, 0.2) is 42.5 Å². The normalized spacial score (nSPS) is 10.1. The van der Waals surface area contributed by atoms with Gasteiger partial charge in [-0.25, -0.2) is 0 Å². The summed E-state index contributed by atoms with van der Waals surface area (Å²) in [4.78, 5) is 22.5. The first-order valence-corrected chi connectivity index (χ1v) is 6.11. The van der Waals surface area contributed by atoms with Crippen LogP contribution in [0.25, 0.3) is 0 Å². The zero-order valence-corrected chi connectivity index (χ0v) is 11.2. The van der Waals surface area contributed by atoms with E-state index in [0.29, 0.717) is 16.8 Å². The van der Waals surface area contributed by atoms with Crippen molar-refractivity contribution in [2.75, 3.05) is 5.32 Å². The van der Waals surface area contributed by atoms with Gasteiger partial charge in [-0.2, -0.15) is 0 Å². The van der Waals surface area contributed by atoms with Gasteiger partial charge in [0, 0.05) is 22.9 Å². The first-order chi connectivity index (χ1) is 9.49. The molecule has 1 N–H and O–H groups in total. The molecule has 2 aromatic carbocycles. The van der Waals surface area contributed by atoms with Gasteiger partial charge < -0.3 is 5.32 Å². The Hall–Kier alpha value is -2.69. The number of amides is 1. The molecule has 0 radical (unpaired) electrons. The average Bonchev–Trinajstić information content (AvgIpc) is 2.41. The molecule has 0 saturated heterocycles. The highest BCUT2D eigenvalue weighted by atomic mass is 16.6. The number of hydrogen-bond donors (Lipinski definition) is 1. The number of anilines is 1. The molecule has 0 aliphatic heterocycles. The van der Waals surface area contributed by atoms with Crippen LogP contribution in [0, 0.1) is 24.0 Å². The Bertz CT molecular complexity index is 681. The molecule has 0 spiro atoms. The zero-order valence-electron chi connectivity index (χ0n) is 11.2. The van der Waals surface area contributed by atoms with E-state index in [9.17, 15) is 14.9 Å². The lowest BCUT2D eigenvalue weighted by Crippen LogP contribution is -2.13. The van der Waals surface area contributed by atoms with E-state index in [1.807, 2.05) is 19.1 Å². The van der Waals surface area contributed by atoms with E-state index in [4.69, 9.17) is 0 Å². The van der Waals surface area contributed by atoms with Gasteiger partial charge in [0.2, 0.25) is 0 Å². The molecular weight excluding hydrogens is 256 g/mol. The second kappa shape index (κ2) is 5.52. The first kappa shape index (κ1) is 13.7. The Labute approximate surface area is 116 Å². The highest BCUT2D eigenvalue weighted by Crippen LogP contribution is 2.23. The second-order valence-electron chi connectivity index (χ2n) is 4.53. The van der Waals surface area contributed by atoms with Crippen molar-refractivity contribution in [3.8, 4) is 0 Å². The molecule has 5 heteroatoms. The molecule has 0 aliphatic carbocycles. The smallest absolute Gasteiger partial charge is 0.274 e. The minimum absolute atomic E-state index is 0.00687. The van der Waals surface area contributed by atoms with Gasteiger partial charge in [0.25, 0.3) is 11.6 Å². The maximum Gasteiger partial charge on any atom is 0.274 e. The van der Waals surface area contributed by atoms with Crippen LogP contribution in [0.2, 0.25) is 0 Å². The lowest BCUT2D eigenvalue weighted by atomic mass is 10.1. The van der Waals surface area contributed by atoms with Crippen molar-refractivity contribution in [3.63, 3.8) is 0 Å². The summed E-state index contributed by atoms with van der Waals surface area (Å²) in [5, 5.41) is 13.6. The first-order valence-electron chi connectivity index (χ1n) is 6.11. The van der Waals surface area contributed by atoms with Gasteiger partial charge in [0.15, 0.2) is 0 Å². The van der Waals surface area contributed by atoms with Crippen LogP contribution < -0.4 is 5.32 Å². The molecule has 2 aromatic rings. The molecule has 0 fully saturated rings. The van der Waals surface area contributed by atoms with Gasteiger partial charge >= 0.3 is 0 Å². The van der Waals surface area contributed by atoms with E-state index in [-0.39, 0.29) is 11.6 Å². The second-order valence-corrected chi connectivity index (χ2v) is 4.53. The standard InChI is InChI=1S/C15H14N2O3/c1-10-5-3-4-6-13(10)15(18)16-12-8-7-11(2)14(9-12)17(19)20/h3-9H,1-2H3,(H,16,18). The number of nitro benzene ring substituents is 1. The molecule has 1 amide bonds. The molecule has 0 aromatic heterocycles. The van der Waals surface area contributed by atoms with Crippen molar-refractivity contribution in [1.29, 1.82) is 0 Å². The van der Waals surface area contributed by atoms with Crippen LogP contribution in [0.3, 0.4) is 0 Å². The third-order valence-corrected chi connectivity index (χ3v) is 3.05. The van der Waals surface area contributed by atoms with E-state index in [2.05, 4.69) is 5.32 Å². The van der Waals surface area contributed by atoms with Gasteiger partial charge in [0.1, 0.15) is 0 Å². The molecule has 0 unspecified atom stereocenters. The number of benzene rings is 2. The number of nitro groups is 1. The number of carbonyl (C=O) groups excluding carboxylic acids is 1. The zero-order chi connectivity index (χ0) is 14.7. The molecule has 2 rings (SSSR count). The van der Waals surface area contributed by atoms with Crippen molar-refractivity contribution in [2.24, 2.45) is 0 Å². The number of nitrogens with zero attached hydrogens (tertiary/aromatic N) is 1. The minimum atomic E-state index is -0.460. The fraction of sp³-hybridized carbons (Fsp3) is 0.133. The van der Waals surface area contributed by atoms with Gasteiger partial charge in [-0.1, -0.05) is 24.3 Å². The molecule has 102 valence electrons. The van der Waals surface area contributed by atoms with E-state index >= 15 is 0 Å². The van der Waals surface area contributed by atoms with Crippen LogP contribution in [0.1, 0.15) is 21.5 Å². The third-order valence-electron chi connectivity index (χ3n) is 3.05. The predicted molar refractivity (Wildman–Crippen MR) is 77.0 cm³/mol. The van der Waals surface area contributed by atoms with Crippen molar-refractivity contribution in [3.05, 3.63) is 69.3 Å². The summed E-state index contributed by atoms with van der Waals surface area (Å²) in [6.45, 7) is 3.50. The van der Waals surface area contributed by atoms with Gasteiger partial charge in [0.05, 0.1) is 4.92 Å². The van der Waals surface area contributed by atoms with E-state index < -0.39 is 4.92 Å². The Kier molecular flexibility index (Phi) is 3.79. The van der Waals surface area contributed by atoms with E-state index in [0.717, 1.165) is 5.56 Å². The van der Waals surface area contributed by atoms with Crippen LogP contribution in [0.4, 0.5) is 11.4 Å². The van der Waals surface area contributed by atoms with Crippen molar-refractivity contribution in [2.45, 2.75) is 13.8 Å². The largest absolute Gasteiger partial charge is 0.322 e. The molecule has 0 bridgehead atoms. The highest BCUT2D eigenvalue weighted by Gasteiger charge is 2.13. The van der Waals surface area contributed by atoms with Crippen molar-refractivity contribution < 1.29 is 9.72 Å². The number of hydrogen-bond acceptors (Lipinski definition) is 3. The Morgan fingerprint density at radius 1 is 1.10 bits per heavy atom. The van der Waals surface area contributed by atoms with Crippen LogP contribution in [-0.2, 0) is 0 Å². The van der Waals surface area contributed by atoms with Crippen LogP contribution in [-0.4, -0.2) is 10.8 Å². The summed E-state index contributed by atoms with van der Waals surface area (Å²) >= 11 is 0. The summed E-state index contributed by atoms with van der Waals surface area (Å²) in [7, 11) is 0. The number of nitrogens with one attached hydrogen (secondary N) is 1. The Balaban J connectivity index is 2.27. The van der Waals surface area contributed by atoms with Crippen LogP contribution >= 0.6 is 0 Å². The summed E-state index contributed by atoms with van der Waals surface area (Å²) in [5.41, 5.74) is 2.37. The monoisotopic (exact) mass is 270 g/mol. The van der Waals surface area contributed by atoms with E-state index in [1.54, 1.807) is 31.2 Å². The number of carbonyl (C=O) groups is 1. The average molecular weight is 270 g/mol. The predicted octanol–water partition coefficient (Wildman–Crippen LogP) is 3.46. The molecule has 20 heavy (non-hydrogen) atoms. The summed E-state index contributed by atoms with van der Waals surface area (Å²) in [6, 6.07) is 11.8. The Morgan fingerprint density at radius 3 is 2.45 bits per heavy atom. The molecule has 0 atom stereocenters. The van der Waals surface area contributed by atoms with Gasteiger partial charge in [-0.3, -0.25) is 14.9 Å². The quantitative estimate of drug-likeness (QED) is 0.685. The topological polar surface area (TPSA) is 72.2 Å².